The lowest BCUT2D eigenvalue weighted by molar-refractivity contribution is 0.412. The highest BCUT2D eigenvalue weighted by Gasteiger charge is 2.06. The van der Waals surface area contributed by atoms with E-state index in [4.69, 9.17) is 10.5 Å². The number of ether oxygens (including phenoxy) is 1. The molecule has 3 nitrogen and oxygen atoms in total. The van der Waals surface area contributed by atoms with Crippen LogP contribution in [0.1, 0.15) is 11.1 Å². The number of anilines is 1. The Kier molecular flexibility index (Phi) is 5.04. The third kappa shape index (κ3) is 3.52. The number of rotatable bonds is 5. The topological polar surface area (TPSA) is 38.5 Å². The van der Waals surface area contributed by atoms with E-state index in [9.17, 15) is 0 Å². The fourth-order valence-electron chi connectivity index (χ4n) is 2.11. The number of benzene rings is 2. The summed E-state index contributed by atoms with van der Waals surface area (Å²) in [5.74, 6) is 0.840. The number of nitrogens with two attached hydrogens (primary N) is 1. The molecule has 0 aliphatic carbocycles. The lowest BCUT2D eigenvalue weighted by atomic mass is 10.1. The van der Waals surface area contributed by atoms with Crippen LogP contribution in [0.3, 0.4) is 0 Å². The Labute approximate surface area is 128 Å². The maximum Gasteiger partial charge on any atom is 0.133 e. The molecule has 106 valence electrons. The lowest BCUT2D eigenvalue weighted by Crippen LogP contribution is -2.16. The summed E-state index contributed by atoms with van der Waals surface area (Å²) in [6, 6.07) is 14.4. The summed E-state index contributed by atoms with van der Waals surface area (Å²) >= 11 is 3.52. The monoisotopic (exact) mass is 334 g/mol. The first-order chi connectivity index (χ1) is 9.63. The van der Waals surface area contributed by atoms with Gasteiger partial charge in [0.2, 0.25) is 0 Å². The van der Waals surface area contributed by atoms with E-state index in [0.29, 0.717) is 6.54 Å². The number of hydrogen-bond donors (Lipinski definition) is 1. The fourth-order valence-corrected chi connectivity index (χ4v) is 2.64. The highest BCUT2D eigenvalue weighted by atomic mass is 79.9. The van der Waals surface area contributed by atoms with Crippen molar-refractivity contribution in [3.63, 3.8) is 0 Å². The van der Waals surface area contributed by atoms with Gasteiger partial charge in [0.1, 0.15) is 5.75 Å². The summed E-state index contributed by atoms with van der Waals surface area (Å²) in [7, 11) is 3.74. The second-order valence-electron chi connectivity index (χ2n) is 4.70. The molecule has 4 heteroatoms. The fraction of sp³-hybridized carbons (Fsp3) is 0.250. The molecule has 0 unspecified atom stereocenters. The van der Waals surface area contributed by atoms with Crippen molar-refractivity contribution in [2.45, 2.75) is 13.1 Å². The Morgan fingerprint density at radius 2 is 1.90 bits per heavy atom. The van der Waals surface area contributed by atoms with Crippen LogP contribution in [0, 0.1) is 0 Å². The van der Waals surface area contributed by atoms with Gasteiger partial charge in [-0.1, -0.05) is 24.3 Å². The molecule has 0 amide bonds. The summed E-state index contributed by atoms with van der Waals surface area (Å²) in [5, 5.41) is 0. The molecule has 2 aromatic carbocycles. The van der Waals surface area contributed by atoms with Crippen molar-refractivity contribution in [3.8, 4) is 5.75 Å². The predicted molar refractivity (Wildman–Crippen MR) is 87.1 cm³/mol. The molecule has 2 aromatic rings. The van der Waals surface area contributed by atoms with Crippen LogP contribution in [0.4, 0.5) is 5.69 Å². The molecule has 2 rings (SSSR count). The zero-order chi connectivity index (χ0) is 14.5. The van der Waals surface area contributed by atoms with Gasteiger partial charge in [-0.25, -0.2) is 0 Å². The maximum atomic E-state index is 5.68. The van der Waals surface area contributed by atoms with Crippen LogP contribution >= 0.6 is 15.9 Å². The van der Waals surface area contributed by atoms with Gasteiger partial charge >= 0.3 is 0 Å². The van der Waals surface area contributed by atoms with Gasteiger partial charge in [-0.2, -0.15) is 0 Å². The molecule has 0 heterocycles. The molecule has 0 spiro atoms. The van der Waals surface area contributed by atoms with Gasteiger partial charge in [-0.3, -0.25) is 0 Å². The average molecular weight is 335 g/mol. The maximum absolute atomic E-state index is 5.68. The van der Waals surface area contributed by atoms with Crippen molar-refractivity contribution in [2.75, 3.05) is 19.1 Å². The van der Waals surface area contributed by atoms with Gasteiger partial charge in [-0.05, 0) is 45.3 Å². The van der Waals surface area contributed by atoms with E-state index in [-0.39, 0.29) is 0 Å². The number of hydrogen-bond acceptors (Lipinski definition) is 3. The Balaban J connectivity index is 2.14. The van der Waals surface area contributed by atoms with Gasteiger partial charge in [0.25, 0.3) is 0 Å². The van der Waals surface area contributed by atoms with Crippen LogP contribution in [-0.4, -0.2) is 14.2 Å². The van der Waals surface area contributed by atoms with E-state index < -0.39 is 0 Å². The summed E-state index contributed by atoms with van der Waals surface area (Å²) in [6.45, 7) is 1.41. The highest BCUT2D eigenvalue weighted by Crippen LogP contribution is 2.29. The van der Waals surface area contributed by atoms with Crippen LogP contribution in [0.15, 0.2) is 46.9 Å². The van der Waals surface area contributed by atoms with Crippen LogP contribution in [0.2, 0.25) is 0 Å². The molecular formula is C16H19BrN2O. The molecule has 20 heavy (non-hydrogen) atoms. The Morgan fingerprint density at radius 1 is 1.15 bits per heavy atom. The van der Waals surface area contributed by atoms with Gasteiger partial charge in [0.05, 0.1) is 11.6 Å². The molecule has 0 bridgehead atoms. The zero-order valence-electron chi connectivity index (χ0n) is 11.8. The van der Waals surface area contributed by atoms with E-state index >= 15 is 0 Å². The summed E-state index contributed by atoms with van der Waals surface area (Å²) < 4.78 is 6.21. The SMILES string of the molecule is COc1ccc(N(C)Cc2cccc(CN)c2)cc1Br. The standard InChI is InChI=1S/C16H19BrN2O/c1-19(11-13-5-3-4-12(8-13)10-18)14-6-7-16(20-2)15(17)9-14/h3-9H,10-11,18H2,1-2H3. The van der Waals surface area contributed by atoms with Crippen molar-refractivity contribution in [1.82, 2.24) is 0 Å². The van der Waals surface area contributed by atoms with Gasteiger partial charge < -0.3 is 15.4 Å². The normalized spacial score (nSPS) is 10.4. The van der Waals surface area contributed by atoms with E-state index in [1.807, 2.05) is 12.1 Å². The Morgan fingerprint density at radius 3 is 2.55 bits per heavy atom. The molecule has 0 atom stereocenters. The van der Waals surface area contributed by atoms with E-state index in [0.717, 1.165) is 28.0 Å². The summed E-state index contributed by atoms with van der Waals surface area (Å²) in [6.07, 6.45) is 0. The molecule has 0 saturated heterocycles. The van der Waals surface area contributed by atoms with Crippen LogP contribution in [-0.2, 0) is 13.1 Å². The predicted octanol–water partition coefficient (Wildman–Crippen LogP) is 3.55. The van der Waals surface area contributed by atoms with Gasteiger partial charge in [0, 0.05) is 25.8 Å². The van der Waals surface area contributed by atoms with E-state index in [1.54, 1.807) is 7.11 Å². The van der Waals surface area contributed by atoms with Gasteiger partial charge in [-0.15, -0.1) is 0 Å². The minimum Gasteiger partial charge on any atom is -0.496 e. The van der Waals surface area contributed by atoms with Crippen molar-refractivity contribution in [3.05, 3.63) is 58.1 Å². The summed E-state index contributed by atoms with van der Waals surface area (Å²) in [5.41, 5.74) is 9.23. The molecule has 2 N–H and O–H groups in total. The van der Waals surface area contributed by atoms with E-state index in [2.05, 4.69) is 58.2 Å². The van der Waals surface area contributed by atoms with Crippen molar-refractivity contribution in [2.24, 2.45) is 5.73 Å². The molecule has 0 saturated carbocycles. The molecule has 0 aliphatic heterocycles. The summed E-state index contributed by atoms with van der Waals surface area (Å²) in [4.78, 5) is 2.19. The first-order valence-corrected chi connectivity index (χ1v) is 7.26. The van der Waals surface area contributed by atoms with Crippen LogP contribution in [0.25, 0.3) is 0 Å². The Hall–Kier alpha value is -1.52. The smallest absolute Gasteiger partial charge is 0.133 e. The second-order valence-corrected chi connectivity index (χ2v) is 5.55. The van der Waals surface area contributed by atoms with Crippen molar-refractivity contribution in [1.29, 1.82) is 0 Å². The first-order valence-electron chi connectivity index (χ1n) is 6.46. The minimum atomic E-state index is 0.575. The Bertz CT molecular complexity index is 586. The molecule has 0 aromatic heterocycles. The molecular weight excluding hydrogens is 316 g/mol. The van der Waals surface area contributed by atoms with Crippen molar-refractivity contribution < 1.29 is 4.74 Å². The molecule has 0 fully saturated rings. The minimum absolute atomic E-state index is 0.575. The molecule has 0 radical (unpaired) electrons. The number of methoxy groups -OCH3 is 1. The quantitative estimate of drug-likeness (QED) is 0.908. The first kappa shape index (κ1) is 14.9. The van der Waals surface area contributed by atoms with Crippen LogP contribution in [0.5, 0.6) is 5.75 Å². The number of halogens is 1. The lowest BCUT2D eigenvalue weighted by Gasteiger charge is -2.20. The number of nitrogens with zero attached hydrogens (tertiary/aromatic N) is 1. The van der Waals surface area contributed by atoms with Gasteiger partial charge in [0.15, 0.2) is 0 Å². The molecule has 0 aliphatic rings. The zero-order valence-corrected chi connectivity index (χ0v) is 13.4. The average Bonchev–Trinajstić information content (AvgIpc) is 2.47. The van der Waals surface area contributed by atoms with Crippen LogP contribution < -0.4 is 15.4 Å². The highest BCUT2D eigenvalue weighted by molar-refractivity contribution is 9.10. The largest absolute Gasteiger partial charge is 0.496 e. The van der Waals surface area contributed by atoms with E-state index in [1.165, 1.54) is 5.56 Å². The van der Waals surface area contributed by atoms with Crippen molar-refractivity contribution >= 4 is 21.6 Å². The third-order valence-electron chi connectivity index (χ3n) is 3.22. The second kappa shape index (κ2) is 6.77. The third-order valence-corrected chi connectivity index (χ3v) is 3.84.